The molecule has 2 aliphatic rings. The highest BCUT2D eigenvalue weighted by Crippen LogP contribution is 2.33. The molecule has 0 saturated heterocycles. The summed E-state index contributed by atoms with van der Waals surface area (Å²) in [5, 5.41) is 0.334. The minimum atomic E-state index is -4.11. The molecule has 0 N–H and O–H groups in total. The zero-order valence-electron chi connectivity index (χ0n) is 15.3. The Labute approximate surface area is 165 Å². The highest BCUT2D eigenvalue weighted by molar-refractivity contribution is 7.90. The first-order chi connectivity index (χ1) is 13.6. The molecule has 9 nitrogen and oxygen atoms in total. The van der Waals surface area contributed by atoms with Crippen molar-refractivity contribution in [1.29, 1.82) is 0 Å². The van der Waals surface area contributed by atoms with Crippen molar-refractivity contribution >= 4 is 33.7 Å². The van der Waals surface area contributed by atoms with Crippen LogP contribution >= 0.6 is 0 Å². The van der Waals surface area contributed by atoms with E-state index in [9.17, 15) is 27.6 Å². The fourth-order valence-corrected chi connectivity index (χ4v) is 5.06. The molecule has 3 amide bonds. The van der Waals surface area contributed by atoms with E-state index in [1.807, 2.05) is 0 Å². The first-order valence-corrected chi connectivity index (χ1v) is 10.0. The maximum Gasteiger partial charge on any atom is 0.363 e. The molecule has 0 unspecified atom stereocenters. The maximum absolute atomic E-state index is 12.6. The third-order valence-electron chi connectivity index (χ3n) is 4.58. The molecule has 2 aromatic carbocycles. The van der Waals surface area contributed by atoms with Crippen molar-refractivity contribution in [2.75, 3.05) is 0 Å². The lowest BCUT2D eigenvalue weighted by Gasteiger charge is -2.18. The van der Waals surface area contributed by atoms with Crippen LogP contribution in [0.3, 0.4) is 0 Å². The van der Waals surface area contributed by atoms with Crippen molar-refractivity contribution in [2.45, 2.75) is 24.8 Å². The lowest BCUT2D eigenvalue weighted by atomic mass is 10.1. The van der Waals surface area contributed by atoms with Gasteiger partial charge < -0.3 is 4.84 Å². The van der Waals surface area contributed by atoms with E-state index in [1.165, 1.54) is 24.3 Å². The molecular formula is C19H14N2O7S. The largest absolute Gasteiger partial charge is 0.363 e. The predicted octanol–water partition coefficient (Wildman–Crippen LogP) is 1.61. The van der Waals surface area contributed by atoms with E-state index in [2.05, 4.69) is 0 Å². The van der Waals surface area contributed by atoms with Gasteiger partial charge in [0.15, 0.2) is 0 Å². The van der Waals surface area contributed by atoms with Crippen molar-refractivity contribution in [1.82, 2.24) is 9.37 Å². The Kier molecular flexibility index (Phi) is 4.05. The van der Waals surface area contributed by atoms with Crippen LogP contribution in [-0.4, -0.2) is 47.5 Å². The number of rotatable bonds is 3. The molecule has 0 saturated carbocycles. The lowest BCUT2D eigenvalue weighted by molar-refractivity contribution is -0.0584. The van der Waals surface area contributed by atoms with E-state index in [1.54, 1.807) is 26.0 Å². The van der Waals surface area contributed by atoms with Crippen molar-refractivity contribution < 1.29 is 32.4 Å². The lowest BCUT2D eigenvalue weighted by Crippen LogP contribution is -2.36. The number of amides is 3. The normalized spacial score (nSPS) is 17.0. The standard InChI is InChI=1S/C19H14N2O7S/c1-10(2)21-18(24)14-8-7-11(9-15(14)29(21,26)27)19(25)28-20-16(22)12-5-3-4-6-13(12)17(20)23/h3-10H,1-2H3. The van der Waals surface area contributed by atoms with Crippen molar-refractivity contribution in [2.24, 2.45) is 0 Å². The zero-order chi connectivity index (χ0) is 21.1. The van der Waals surface area contributed by atoms with Crippen LogP contribution in [0.15, 0.2) is 47.4 Å². The summed E-state index contributed by atoms with van der Waals surface area (Å²) < 4.78 is 26.0. The molecule has 4 rings (SSSR count). The number of imide groups is 1. The topological polar surface area (TPSA) is 118 Å². The van der Waals surface area contributed by atoms with E-state index in [0.29, 0.717) is 5.06 Å². The molecule has 2 heterocycles. The number of hydrogen-bond acceptors (Lipinski definition) is 7. The monoisotopic (exact) mass is 414 g/mol. The van der Waals surface area contributed by atoms with E-state index in [0.717, 1.165) is 10.4 Å². The van der Waals surface area contributed by atoms with Crippen LogP contribution in [0, 0.1) is 0 Å². The number of hydroxylamine groups is 2. The molecule has 2 aromatic rings. The van der Waals surface area contributed by atoms with Crippen LogP contribution in [0.2, 0.25) is 0 Å². The fraction of sp³-hybridized carbons (Fsp3) is 0.158. The van der Waals surface area contributed by atoms with E-state index in [-0.39, 0.29) is 27.1 Å². The Hall–Kier alpha value is -3.53. The SMILES string of the molecule is CC(C)N1C(=O)c2ccc(C(=O)ON3C(=O)c4ccccc4C3=O)cc2S1(=O)=O. The van der Waals surface area contributed by atoms with Gasteiger partial charge in [0.1, 0.15) is 4.90 Å². The number of benzene rings is 2. The average molecular weight is 414 g/mol. The Morgan fingerprint density at radius 3 is 2.03 bits per heavy atom. The van der Waals surface area contributed by atoms with E-state index < -0.39 is 39.8 Å². The summed E-state index contributed by atoms with van der Waals surface area (Å²) in [5.74, 6) is -3.38. The summed E-state index contributed by atoms with van der Waals surface area (Å²) in [7, 11) is -4.11. The van der Waals surface area contributed by atoms with Crippen LogP contribution in [0.5, 0.6) is 0 Å². The number of sulfonamides is 1. The highest BCUT2D eigenvalue weighted by atomic mass is 32.2. The van der Waals surface area contributed by atoms with Gasteiger partial charge in [-0.15, -0.1) is 0 Å². The molecule has 0 atom stereocenters. The zero-order valence-corrected chi connectivity index (χ0v) is 16.1. The maximum atomic E-state index is 12.6. The number of carbonyl (C=O) groups excluding carboxylic acids is 4. The number of carbonyl (C=O) groups is 4. The third kappa shape index (κ3) is 2.64. The predicted molar refractivity (Wildman–Crippen MR) is 97.3 cm³/mol. The van der Waals surface area contributed by atoms with Gasteiger partial charge in [0.05, 0.1) is 22.3 Å². The van der Waals surface area contributed by atoms with Crippen LogP contribution in [0.25, 0.3) is 0 Å². The second-order valence-electron chi connectivity index (χ2n) is 6.74. The van der Waals surface area contributed by atoms with Gasteiger partial charge in [0.25, 0.3) is 27.7 Å². The third-order valence-corrected chi connectivity index (χ3v) is 6.58. The highest BCUT2D eigenvalue weighted by Gasteiger charge is 2.43. The Balaban J connectivity index is 1.65. The van der Waals surface area contributed by atoms with E-state index >= 15 is 0 Å². The van der Waals surface area contributed by atoms with Crippen molar-refractivity contribution in [3.8, 4) is 0 Å². The fourth-order valence-electron chi connectivity index (χ4n) is 3.27. The van der Waals surface area contributed by atoms with E-state index in [4.69, 9.17) is 4.84 Å². The van der Waals surface area contributed by atoms with Gasteiger partial charge in [-0.2, -0.15) is 0 Å². The second-order valence-corrected chi connectivity index (χ2v) is 8.52. The Bertz CT molecular complexity index is 1180. The minimum absolute atomic E-state index is 0.0593. The Morgan fingerprint density at radius 1 is 0.897 bits per heavy atom. The minimum Gasteiger partial charge on any atom is -0.324 e. The molecule has 0 aromatic heterocycles. The number of hydrogen-bond donors (Lipinski definition) is 0. The summed E-state index contributed by atoms with van der Waals surface area (Å²) in [6, 6.07) is 8.80. The van der Waals surface area contributed by atoms with Gasteiger partial charge in [0.2, 0.25) is 0 Å². The van der Waals surface area contributed by atoms with Gasteiger partial charge in [-0.1, -0.05) is 17.2 Å². The summed E-state index contributed by atoms with van der Waals surface area (Å²) in [5.41, 5.74) is -0.0849. The molecule has 0 aliphatic carbocycles. The van der Waals surface area contributed by atoms with Gasteiger partial charge >= 0.3 is 5.97 Å². The second kappa shape index (κ2) is 6.24. The van der Waals surface area contributed by atoms with Crippen molar-refractivity contribution in [3.05, 3.63) is 64.7 Å². The molecule has 0 fully saturated rings. The quantitative estimate of drug-likeness (QED) is 0.700. The average Bonchev–Trinajstić information content (AvgIpc) is 3.04. The molecule has 10 heteroatoms. The molecule has 29 heavy (non-hydrogen) atoms. The summed E-state index contributed by atoms with van der Waals surface area (Å²) in [6.45, 7) is 3.11. The Morgan fingerprint density at radius 2 is 1.48 bits per heavy atom. The molecule has 0 spiro atoms. The van der Waals surface area contributed by atoms with Gasteiger partial charge in [0, 0.05) is 6.04 Å². The first kappa shape index (κ1) is 18.8. The summed E-state index contributed by atoms with van der Waals surface area (Å²) in [6.07, 6.45) is 0. The van der Waals surface area contributed by atoms with Crippen LogP contribution in [0.4, 0.5) is 0 Å². The number of nitrogens with zero attached hydrogens (tertiary/aromatic N) is 2. The number of fused-ring (bicyclic) bond motifs is 2. The molecule has 0 bridgehead atoms. The van der Waals surface area contributed by atoms with Crippen LogP contribution < -0.4 is 0 Å². The smallest absolute Gasteiger partial charge is 0.324 e. The van der Waals surface area contributed by atoms with Crippen LogP contribution in [0.1, 0.15) is 55.3 Å². The summed E-state index contributed by atoms with van der Waals surface area (Å²) >= 11 is 0. The summed E-state index contributed by atoms with van der Waals surface area (Å²) in [4.78, 5) is 54.1. The molecule has 0 radical (unpaired) electrons. The molecule has 148 valence electrons. The molecular weight excluding hydrogens is 400 g/mol. The van der Waals surface area contributed by atoms with Crippen molar-refractivity contribution in [3.63, 3.8) is 0 Å². The van der Waals surface area contributed by atoms with Gasteiger partial charge in [-0.05, 0) is 44.2 Å². The molecule has 2 aliphatic heterocycles. The van der Waals surface area contributed by atoms with Crippen LogP contribution in [-0.2, 0) is 14.9 Å². The van der Waals surface area contributed by atoms with Gasteiger partial charge in [-0.25, -0.2) is 17.5 Å². The van der Waals surface area contributed by atoms with Gasteiger partial charge in [-0.3, -0.25) is 14.4 Å². The first-order valence-electron chi connectivity index (χ1n) is 8.57.